The van der Waals surface area contributed by atoms with Crippen LogP contribution in [0.1, 0.15) is 37.4 Å². The lowest BCUT2D eigenvalue weighted by atomic mass is 10.0. The van der Waals surface area contributed by atoms with Gasteiger partial charge in [0.05, 0.1) is 12.8 Å². The molecule has 3 aromatic rings. The first-order valence-corrected chi connectivity index (χ1v) is 10.4. The fourth-order valence-corrected chi connectivity index (χ4v) is 3.21. The van der Waals surface area contributed by atoms with Crippen LogP contribution < -0.4 is 10.6 Å². The van der Waals surface area contributed by atoms with Crippen molar-refractivity contribution in [2.24, 2.45) is 4.99 Å². The van der Waals surface area contributed by atoms with Crippen molar-refractivity contribution >= 4 is 5.96 Å². The number of aryl methyl sites for hydroxylation is 2. The van der Waals surface area contributed by atoms with Crippen molar-refractivity contribution in [3.05, 3.63) is 78.3 Å². The molecular weight excluding hydrogens is 378 g/mol. The molecule has 0 aliphatic carbocycles. The second kappa shape index (κ2) is 10.6. The van der Waals surface area contributed by atoms with E-state index in [1.807, 2.05) is 25.4 Å². The van der Waals surface area contributed by atoms with Crippen LogP contribution in [0.3, 0.4) is 0 Å². The molecule has 0 bridgehead atoms. The van der Waals surface area contributed by atoms with E-state index in [-0.39, 0.29) is 6.54 Å². The first kappa shape index (κ1) is 21.6. The molecule has 1 unspecified atom stereocenters. The normalized spacial score (nSPS) is 13.8. The number of benzene rings is 1. The Kier molecular flexibility index (Phi) is 7.68. The van der Waals surface area contributed by atoms with E-state index in [2.05, 4.69) is 49.4 Å². The quantitative estimate of drug-likeness (QED) is 0.354. The molecule has 2 aromatic heterocycles. The monoisotopic (exact) mass is 409 g/mol. The van der Waals surface area contributed by atoms with Crippen molar-refractivity contribution in [1.29, 1.82) is 0 Å². The summed E-state index contributed by atoms with van der Waals surface area (Å²) in [4.78, 5) is 9.10. The van der Waals surface area contributed by atoms with Crippen LogP contribution in [0.4, 0.5) is 0 Å². The van der Waals surface area contributed by atoms with Crippen LogP contribution in [0.25, 0.3) is 0 Å². The van der Waals surface area contributed by atoms with Gasteiger partial charge in [0.1, 0.15) is 23.7 Å². The number of aromatic nitrogens is 2. The van der Waals surface area contributed by atoms with Crippen molar-refractivity contribution < 1.29 is 9.52 Å². The molecule has 1 atom stereocenters. The number of rotatable bonds is 10. The van der Waals surface area contributed by atoms with Crippen LogP contribution in [0.2, 0.25) is 0 Å². The van der Waals surface area contributed by atoms with Gasteiger partial charge in [-0.1, -0.05) is 30.3 Å². The minimum Gasteiger partial charge on any atom is -0.466 e. The van der Waals surface area contributed by atoms with E-state index in [1.54, 1.807) is 25.3 Å². The van der Waals surface area contributed by atoms with Gasteiger partial charge in [-0.15, -0.1) is 0 Å². The molecule has 0 saturated carbocycles. The van der Waals surface area contributed by atoms with Crippen molar-refractivity contribution in [3.63, 3.8) is 0 Å². The second-order valence-electron chi connectivity index (χ2n) is 7.43. The molecule has 0 radical (unpaired) electrons. The summed E-state index contributed by atoms with van der Waals surface area (Å²) in [6, 6.07) is 14.0. The predicted octanol–water partition coefficient (Wildman–Crippen LogP) is 3.07. The number of aliphatic imine (C=N–C) groups is 1. The highest BCUT2D eigenvalue weighted by molar-refractivity contribution is 5.79. The van der Waals surface area contributed by atoms with E-state index in [1.165, 1.54) is 5.56 Å². The van der Waals surface area contributed by atoms with Gasteiger partial charge in [0.25, 0.3) is 0 Å². The average molecular weight is 410 g/mol. The molecule has 0 amide bonds. The van der Waals surface area contributed by atoms with Crippen LogP contribution in [-0.2, 0) is 25.1 Å². The lowest BCUT2D eigenvalue weighted by Crippen LogP contribution is -2.44. The molecule has 0 spiro atoms. The van der Waals surface area contributed by atoms with Gasteiger partial charge in [-0.2, -0.15) is 0 Å². The topological polar surface area (TPSA) is 87.6 Å². The van der Waals surface area contributed by atoms with Gasteiger partial charge in [0, 0.05) is 25.5 Å². The Morgan fingerprint density at radius 3 is 2.77 bits per heavy atom. The van der Waals surface area contributed by atoms with Gasteiger partial charge in [-0.3, -0.25) is 0 Å². The minimum absolute atomic E-state index is 0.276. The van der Waals surface area contributed by atoms with Gasteiger partial charge in [-0.05, 0) is 44.4 Å². The molecule has 30 heavy (non-hydrogen) atoms. The molecule has 0 aliphatic rings. The predicted molar refractivity (Wildman–Crippen MR) is 118 cm³/mol. The van der Waals surface area contributed by atoms with Crippen molar-refractivity contribution in [1.82, 2.24) is 20.2 Å². The molecule has 7 nitrogen and oxygen atoms in total. The highest BCUT2D eigenvalue weighted by Gasteiger charge is 2.26. The summed E-state index contributed by atoms with van der Waals surface area (Å²) >= 11 is 0. The van der Waals surface area contributed by atoms with E-state index in [0.717, 1.165) is 31.8 Å². The Hall–Kier alpha value is -3.06. The molecule has 0 fully saturated rings. The van der Waals surface area contributed by atoms with Gasteiger partial charge in [-0.25, -0.2) is 9.98 Å². The zero-order chi connectivity index (χ0) is 21.2. The van der Waals surface area contributed by atoms with E-state index in [9.17, 15) is 5.11 Å². The number of guanidine groups is 1. The molecular formula is C23H31N5O2. The number of nitrogens with one attached hydrogen (secondary N) is 2. The number of hydrogen-bond donors (Lipinski definition) is 3. The Labute approximate surface area is 177 Å². The molecule has 2 heterocycles. The smallest absolute Gasteiger partial charge is 0.191 e. The highest BCUT2D eigenvalue weighted by atomic mass is 16.4. The first-order valence-electron chi connectivity index (χ1n) is 10.4. The van der Waals surface area contributed by atoms with Crippen LogP contribution >= 0.6 is 0 Å². The van der Waals surface area contributed by atoms with Crippen LogP contribution in [0.15, 0.2) is 70.5 Å². The summed E-state index contributed by atoms with van der Waals surface area (Å²) in [6.45, 7) is 6.07. The Balaban J connectivity index is 1.55. The third kappa shape index (κ3) is 6.22. The molecule has 0 aliphatic heterocycles. The van der Waals surface area contributed by atoms with Crippen molar-refractivity contribution in [2.45, 2.75) is 45.4 Å². The molecule has 1 aromatic carbocycles. The number of nitrogens with zero attached hydrogens (tertiary/aromatic N) is 3. The van der Waals surface area contributed by atoms with Crippen LogP contribution in [0.5, 0.6) is 0 Å². The number of aliphatic hydroxyl groups is 1. The van der Waals surface area contributed by atoms with E-state index in [4.69, 9.17) is 4.42 Å². The third-order valence-electron chi connectivity index (χ3n) is 4.88. The van der Waals surface area contributed by atoms with E-state index < -0.39 is 5.60 Å². The molecule has 3 N–H and O–H groups in total. The highest BCUT2D eigenvalue weighted by Crippen LogP contribution is 2.19. The summed E-state index contributed by atoms with van der Waals surface area (Å²) in [5.74, 6) is 2.06. The third-order valence-corrected chi connectivity index (χ3v) is 4.88. The maximum Gasteiger partial charge on any atom is 0.191 e. The average Bonchev–Trinajstić information content (AvgIpc) is 3.44. The Bertz CT molecular complexity index is 901. The van der Waals surface area contributed by atoms with Crippen molar-refractivity contribution in [3.8, 4) is 0 Å². The lowest BCUT2D eigenvalue weighted by molar-refractivity contribution is 0.0386. The minimum atomic E-state index is -1.13. The zero-order valence-electron chi connectivity index (χ0n) is 17.7. The first-order chi connectivity index (χ1) is 14.6. The number of furan rings is 1. The van der Waals surface area contributed by atoms with Gasteiger partial charge >= 0.3 is 0 Å². The largest absolute Gasteiger partial charge is 0.466 e. The maximum absolute atomic E-state index is 10.6. The Morgan fingerprint density at radius 1 is 1.20 bits per heavy atom. The maximum atomic E-state index is 10.6. The molecule has 3 rings (SSSR count). The summed E-state index contributed by atoms with van der Waals surface area (Å²) in [5, 5.41) is 17.0. The van der Waals surface area contributed by atoms with E-state index in [0.29, 0.717) is 18.3 Å². The molecule has 160 valence electrons. The molecule has 0 saturated heterocycles. The standard InChI is InChI=1S/C23H31N5O2/c1-3-24-22(27-18-23(2,29)20-12-8-16-30-20)26-17-21-25-13-15-28(21)14-7-11-19-9-5-4-6-10-19/h4-6,8-10,12-13,15-16,29H,3,7,11,14,17-18H2,1-2H3,(H2,24,26,27). The van der Waals surface area contributed by atoms with E-state index >= 15 is 0 Å². The Morgan fingerprint density at radius 2 is 2.03 bits per heavy atom. The second-order valence-corrected chi connectivity index (χ2v) is 7.43. The number of hydrogen-bond acceptors (Lipinski definition) is 4. The lowest BCUT2D eigenvalue weighted by Gasteiger charge is -2.22. The summed E-state index contributed by atoms with van der Waals surface area (Å²) in [5.41, 5.74) is 0.217. The fraction of sp³-hybridized carbons (Fsp3) is 0.391. The van der Waals surface area contributed by atoms with Gasteiger partial charge < -0.3 is 24.7 Å². The number of imidazole rings is 1. The van der Waals surface area contributed by atoms with Crippen LogP contribution in [0, 0.1) is 0 Å². The van der Waals surface area contributed by atoms with Crippen LogP contribution in [-0.4, -0.2) is 33.7 Å². The van der Waals surface area contributed by atoms with Crippen molar-refractivity contribution in [2.75, 3.05) is 13.1 Å². The van der Waals surface area contributed by atoms with Gasteiger partial charge in [0.2, 0.25) is 0 Å². The summed E-state index contributed by atoms with van der Waals surface area (Å²) in [6.07, 6.45) is 7.45. The molecule has 7 heteroatoms. The zero-order valence-corrected chi connectivity index (χ0v) is 17.7. The SMILES string of the molecule is CCNC(=NCc1nccn1CCCc1ccccc1)NCC(C)(O)c1ccco1. The van der Waals surface area contributed by atoms with Gasteiger partial charge in [0.15, 0.2) is 5.96 Å². The summed E-state index contributed by atoms with van der Waals surface area (Å²) < 4.78 is 7.48. The fourth-order valence-electron chi connectivity index (χ4n) is 3.21. The summed E-state index contributed by atoms with van der Waals surface area (Å²) in [7, 11) is 0.